The zero-order chi connectivity index (χ0) is 33.7. The average molecular weight is 626 g/mol. The first-order chi connectivity index (χ1) is 20.1. The molecule has 0 bridgehead atoms. The molecule has 2 amide bonds. The lowest BCUT2D eigenvalue weighted by Crippen LogP contribution is -2.61. The highest BCUT2D eigenvalue weighted by Gasteiger charge is 2.48. The van der Waals surface area contributed by atoms with Crippen molar-refractivity contribution >= 4 is 29.4 Å². The monoisotopic (exact) mass is 625 g/mol. The van der Waals surface area contributed by atoms with Crippen LogP contribution in [-0.4, -0.2) is 92.5 Å². The number of nitrogens with one attached hydrogen (secondary N) is 3. The van der Waals surface area contributed by atoms with Gasteiger partial charge in [0.05, 0.1) is 17.1 Å². The van der Waals surface area contributed by atoms with E-state index in [1.807, 2.05) is 34.6 Å². The number of esters is 1. The molecule has 2 unspecified atom stereocenters. The second-order valence-corrected chi connectivity index (χ2v) is 13.3. The summed E-state index contributed by atoms with van der Waals surface area (Å²) in [5.74, 6) is -3.27. The van der Waals surface area contributed by atoms with Crippen LogP contribution in [0.4, 0.5) is 5.69 Å². The van der Waals surface area contributed by atoms with Crippen molar-refractivity contribution in [1.82, 2.24) is 10.6 Å². The largest absolute Gasteiger partial charge is 0.479 e. The second kappa shape index (κ2) is 14.7. The van der Waals surface area contributed by atoms with Crippen LogP contribution in [0.1, 0.15) is 67.9 Å². The van der Waals surface area contributed by atoms with Crippen LogP contribution in [0.3, 0.4) is 0 Å². The summed E-state index contributed by atoms with van der Waals surface area (Å²) < 4.78 is 16.3. The number of rotatable bonds is 11. The Morgan fingerprint density at radius 1 is 0.932 bits per heavy atom. The van der Waals surface area contributed by atoms with Crippen molar-refractivity contribution in [2.24, 2.45) is 11.3 Å². The first kappa shape index (κ1) is 36.9. The predicted octanol–water partition coefficient (Wildman–Crippen LogP) is 0.903. The molecule has 1 aromatic carbocycles. The molecule has 14 heteroatoms. The van der Waals surface area contributed by atoms with Gasteiger partial charge in [0.15, 0.2) is 6.10 Å². The van der Waals surface area contributed by atoms with E-state index >= 15 is 0 Å². The maximum absolute atomic E-state index is 13.3. The lowest BCUT2D eigenvalue weighted by Gasteiger charge is -2.38. The molecule has 1 aromatic rings. The van der Waals surface area contributed by atoms with E-state index < -0.39 is 66.1 Å². The first-order valence-corrected chi connectivity index (χ1v) is 14.4. The number of hydrogen-bond acceptors (Lipinski definition) is 11. The third kappa shape index (κ3) is 10.1. The highest BCUT2D eigenvalue weighted by atomic mass is 16.7. The van der Waals surface area contributed by atoms with Crippen LogP contribution < -0.4 is 20.7 Å². The Bertz CT molecular complexity index is 1190. The van der Waals surface area contributed by atoms with Crippen LogP contribution in [0.15, 0.2) is 18.2 Å². The number of carbonyl (C=O) groups excluding carboxylic acids is 3. The molecule has 0 aliphatic carbocycles. The molecular weight excluding hydrogens is 578 g/mol. The standard InChI is InChI=1S/C30H47N3O11/c1-14(2)19(33-30(7,8)9)25(38)31-15(3)24(37)32-17-12-16(13-42-28(41)29(4,5)6)10-11-18(17)43-27-22(36)20(34)21(35)23(44-27)26(39)40/h10-12,14-15,19-23,27,33-36H,13H2,1-9H3,(H,31,38)(H,32,37)(H,39,40)/t15?,19?,20-,21-,22+,23-,27+/m0/s1. The lowest BCUT2D eigenvalue weighted by molar-refractivity contribution is -0.271. The SMILES string of the molecule is CC(NC(=O)C(NC(C)(C)C)C(C)C)C(=O)Nc1cc(COC(=O)C(C)(C)C)ccc1O[C@@H]1O[C@H](C(=O)O)[C@@H](O)[C@H](O)[C@H]1O. The fourth-order valence-electron chi connectivity index (χ4n) is 4.12. The van der Waals surface area contributed by atoms with Gasteiger partial charge < -0.3 is 50.6 Å². The number of carbonyl (C=O) groups is 4. The number of hydrogen-bond donors (Lipinski definition) is 7. The van der Waals surface area contributed by atoms with Gasteiger partial charge in [0, 0.05) is 5.54 Å². The van der Waals surface area contributed by atoms with Gasteiger partial charge >= 0.3 is 11.9 Å². The maximum Gasteiger partial charge on any atom is 0.335 e. The zero-order valence-electron chi connectivity index (χ0n) is 26.7. The van der Waals surface area contributed by atoms with Gasteiger partial charge in [-0.25, -0.2) is 4.79 Å². The second-order valence-electron chi connectivity index (χ2n) is 13.3. The van der Waals surface area contributed by atoms with E-state index in [9.17, 15) is 39.6 Å². The average Bonchev–Trinajstić information content (AvgIpc) is 2.90. The molecular formula is C30H47N3O11. The Labute approximate surface area is 257 Å². The van der Waals surface area contributed by atoms with Crippen molar-refractivity contribution in [2.45, 2.75) is 117 Å². The van der Waals surface area contributed by atoms with Crippen molar-refractivity contribution in [2.75, 3.05) is 5.32 Å². The third-order valence-corrected chi connectivity index (χ3v) is 6.63. The molecule has 1 aliphatic rings. The summed E-state index contributed by atoms with van der Waals surface area (Å²) >= 11 is 0. The topological polar surface area (TPSA) is 213 Å². The molecule has 1 fully saturated rings. The highest BCUT2D eigenvalue weighted by molar-refractivity contribution is 5.98. The Morgan fingerprint density at radius 2 is 1.55 bits per heavy atom. The Morgan fingerprint density at radius 3 is 2.07 bits per heavy atom. The van der Waals surface area contributed by atoms with Crippen molar-refractivity contribution in [3.63, 3.8) is 0 Å². The molecule has 44 heavy (non-hydrogen) atoms. The van der Waals surface area contributed by atoms with Crippen LogP contribution in [-0.2, 0) is 35.3 Å². The number of anilines is 1. The van der Waals surface area contributed by atoms with Gasteiger partial charge in [0.25, 0.3) is 0 Å². The summed E-state index contributed by atoms with van der Waals surface area (Å²) in [6.07, 6.45) is -9.33. The molecule has 0 spiro atoms. The first-order valence-electron chi connectivity index (χ1n) is 14.4. The fourth-order valence-corrected chi connectivity index (χ4v) is 4.12. The number of aliphatic hydroxyl groups excluding tert-OH is 3. The zero-order valence-corrected chi connectivity index (χ0v) is 26.7. The van der Waals surface area contributed by atoms with E-state index in [2.05, 4.69) is 16.0 Å². The number of amides is 2. The predicted molar refractivity (Wildman–Crippen MR) is 158 cm³/mol. The Balaban J connectivity index is 2.34. The molecule has 7 atom stereocenters. The molecule has 0 aromatic heterocycles. The van der Waals surface area contributed by atoms with E-state index in [4.69, 9.17) is 14.2 Å². The van der Waals surface area contributed by atoms with Crippen molar-refractivity contribution < 1.29 is 53.8 Å². The summed E-state index contributed by atoms with van der Waals surface area (Å²) in [4.78, 5) is 50.1. The minimum absolute atomic E-state index is 0.0110. The van der Waals surface area contributed by atoms with Gasteiger partial charge in [-0.3, -0.25) is 14.4 Å². The molecule has 0 saturated carbocycles. The summed E-state index contributed by atoms with van der Waals surface area (Å²) in [6.45, 7) is 15.9. The van der Waals surface area contributed by atoms with E-state index in [0.29, 0.717) is 5.56 Å². The molecule has 2 rings (SSSR count). The number of carboxylic acids is 1. The summed E-state index contributed by atoms with van der Waals surface area (Å²) in [6, 6.07) is 2.70. The molecule has 1 aliphatic heterocycles. The number of carboxylic acid groups (broad SMARTS) is 1. The quantitative estimate of drug-likeness (QED) is 0.171. The molecule has 1 heterocycles. The Kier molecular flexibility index (Phi) is 12.3. The van der Waals surface area contributed by atoms with Crippen molar-refractivity contribution in [3.05, 3.63) is 23.8 Å². The Hall–Kier alpha value is -3.30. The fraction of sp³-hybridized carbons (Fsp3) is 0.667. The van der Waals surface area contributed by atoms with Crippen LogP contribution in [0, 0.1) is 11.3 Å². The van der Waals surface area contributed by atoms with Gasteiger partial charge in [-0.05, 0) is 72.1 Å². The van der Waals surface area contributed by atoms with Crippen molar-refractivity contribution in [3.8, 4) is 5.75 Å². The van der Waals surface area contributed by atoms with Crippen LogP contribution >= 0.6 is 0 Å². The maximum atomic E-state index is 13.3. The summed E-state index contributed by atoms with van der Waals surface area (Å²) in [5.41, 5.74) is -0.669. The smallest absolute Gasteiger partial charge is 0.335 e. The van der Waals surface area contributed by atoms with Crippen LogP contribution in [0.5, 0.6) is 5.75 Å². The van der Waals surface area contributed by atoms with Gasteiger partial charge in [0.2, 0.25) is 18.1 Å². The van der Waals surface area contributed by atoms with E-state index in [0.717, 1.165) is 0 Å². The van der Waals surface area contributed by atoms with Gasteiger partial charge in [-0.15, -0.1) is 0 Å². The van der Waals surface area contributed by atoms with Crippen molar-refractivity contribution in [1.29, 1.82) is 0 Å². The van der Waals surface area contributed by atoms with Gasteiger partial charge in [-0.2, -0.15) is 0 Å². The van der Waals surface area contributed by atoms with Crippen LogP contribution in [0.2, 0.25) is 0 Å². The van der Waals surface area contributed by atoms with E-state index in [1.165, 1.54) is 25.1 Å². The highest BCUT2D eigenvalue weighted by Crippen LogP contribution is 2.31. The number of ether oxygens (including phenoxy) is 3. The molecule has 1 saturated heterocycles. The van der Waals surface area contributed by atoms with Gasteiger partial charge in [0.1, 0.15) is 36.7 Å². The molecule has 0 radical (unpaired) electrons. The number of benzene rings is 1. The van der Waals surface area contributed by atoms with Crippen LogP contribution in [0.25, 0.3) is 0 Å². The number of aliphatic hydroxyl groups is 3. The van der Waals surface area contributed by atoms with E-state index in [-0.39, 0.29) is 35.4 Å². The molecule has 14 nitrogen and oxygen atoms in total. The molecule has 7 N–H and O–H groups in total. The molecule has 248 valence electrons. The summed E-state index contributed by atoms with van der Waals surface area (Å²) in [7, 11) is 0. The summed E-state index contributed by atoms with van der Waals surface area (Å²) in [5, 5.41) is 48.6. The third-order valence-electron chi connectivity index (χ3n) is 6.63. The normalized spacial score (nSPS) is 23.8. The number of aliphatic carboxylic acids is 1. The van der Waals surface area contributed by atoms with E-state index in [1.54, 1.807) is 20.8 Å². The minimum Gasteiger partial charge on any atom is -0.479 e. The van der Waals surface area contributed by atoms with Gasteiger partial charge in [-0.1, -0.05) is 19.9 Å². The minimum atomic E-state index is -1.92. The lowest BCUT2D eigenvalue weighted by atomic mass is 9.97.